The van der Waals surface area contributed by atoms with Gasteiger partial charge in [-0.3, -0.25) is 14.7 Å². The standard InChI is InChI=1S/C10H17N5O3/c16-7-6-14-2-1-3-15(5-4-14)8-9(17)11-10(18)13-12-8/h16H,1-7H2,(H2,11,13,17,18). The average Bonchev–Trinajstić information content (AvgIpc) is 2.55. The Bertz CT molecular complexity index is 497. The third kappa shape index (κ3) is 2.96. The number of nitrogens with one attached hydrogen (secondary N) is 2. The number of aromatic nitrogens is 3. The topological polar surface area (TPSA) is 105 Å². The first kappa shape index (κ1) is 12.8. The summed E-state index contributed by atoms with van der Waals surface area (Å²) < 4.78 is 0. The molecule has 2 heterocycles. The molecule has 0 unspecified atom stereocenters. The van der Waals surface area contributed by atoms with Gasteiger partial charge in [0.25, 0.3) is 5.56 Å². The van der Waals surface area contributed by atoms with E-state index in [0.717, 1.165) is 19.5 Å². The normalized spacial score (nSPS) is 17.7. The minimum atomic E-state index is -0.597. The molecule has 1 fully saturated rings. The number of nitrogens with zero attached hydrogens (tertiary/aromatic N) is 3. The van der Waals surface area contributed by atoms with Crippen LogP contribution in [0.2, 0.25) is 0 Å². The summed E-state index contributed by atoms with van der Waals surface area (Å²) in [7, 11) is 0. The third-order valence-electron chi connectivity index (χ3n) is 3.00. The molecule has 8 heteroatoms. The highest BCUT2D eigenvalue weighted by molar-refractivity contribution is 5.34. The number of anilines is 1. The van der Waals surface area contributed by atoms with E-state index in [2.05, 4.69) is 20.1 Å². The highest BCUT2D eigenvalue weighted by Crippen LogP contribution is 2.07. The predicted molar refractivity (Wildman–Crippen MR) is 65.8 cm³/mol. The fourth-order valence-corrected chi connectivity index (χ4v) is 2.10. The highest BCUT2D eigenvalue weighted by atomic mass is 16.3. The van der Waals surface area contributed by atoms with Crippen LogP contribution in [0.4, 0.5) is 5.82 Å². The molecule has 1 aliphatic rings. The van der Waals surface area contributed by atoms with Gasteiger partial charge in [0.1, 0.15) is 0 Å². The molecule has 1 aromatic heterocycles. The molecule has 1 saturated heterocycles. The van der Waals surface area contributed by atoms with Gasteiger partial charge in [0.05, 0.1) is 6.61 Å². The Kier molecular flexibility index (Phi) is 4.11. The lowest BCUT2D eigenvalue weighted by atomic mass is 10.4. The van der Waals surface area contributed by atoms with E-state index in [0.29, 0.717) is 19.6 Å². The van der Waals surface area contributed by atoms with Gasteiger partial charge in [-0.25, -0.2) is 9.89 Å². The number of H-pyrrole nitrogens is 2. The summed E-state index contributed by atoms with van der Waals surface area (Å²) in [5.41, 5.74) is -1.06. The smallest absolute Gasteiger partial charge is 0.342 e. The van der Waals surface area contributed by atoms with Crippen LogP contribution in [0.25, 0.3) is 0 Å². The molecule has 18 heavy (non-hydrogen) atoms. The summed E-state index contributed by atoms with van der Waals surface area (Å²) in [4.78, 5) is 28.7. The Labute approximate surface area is 103 Å². The maximum absolute atomic E-state index is 11.6. The zero-order valence-corrected chi connectivity index (χ0v) is 10.1. The minimum absolute atomic E-state index is 0.136. The van der Waals surface area contributed by atoms with Crippen LogP contribution >= 0.6 is 0 Å². The quantitative estimate of drug-likeness (QED) is 0.575. The van der Waals surface area contributed by atoms with Crippen molar-refractivity contribution in [3.8, 4) is 0 Å². The molecular formula is C10H17N5O3. The molecular weight excluding hydrogens is 238 g/mol. The van der Waals surface area contributed by atoms with Crippen LogP contribution in [0, 0.1) is 0 Å². The first-order valence-corrected chi connectivity index (χ1v) is 5.98. The molecule has 0 aromatic carbocycles. The number of aliphatic hydroxyl groups excluding tert-OH is 1. The fraction of sp³-hybridized carbons (Fsp3) is 0.700. The van der Waals surface area contributed by atoms with E-state index < -0.39 is 11.2 Å². The largest absolute Gasteiger partial charge is 0.395 e. The zero-order chi connectivity index (χ0) is 13.0. The van der Waals surface area contributed by atoms with Gasteiger partial charge in [0.15, 0.2) is 0 Å². The van der Waals surface area contributed by atoms with E-state index in [9.17, 15) is 9.59 Å². The van der Waals surface area contributed by atoms with Crippen molar-refractivity contribution >= 4 is 5.82 Å². The summed E-state index contributed by atoms with van der Waals surface area (Å²) in [6, 6.07) is 0. The SMILES string of the molecule is O=c1[nH]nc(N2CCCN(CCO)CC2)c(=O)[nH]1. The predicted octanol–water partition coefficient (Wildman–Crippen LogP) is -2.04. The van der Waals surface area contributed by atoms with Crippen molar-refractivity contribution in [1.29, 1.82) is 0 Å². The van der Waals surface area contributed by atoms with Crippen LogP contribution in [0.3, 0.4) is 0 Å². The van der Waals surface area contributed by atoms with Gasteiger partial charge in [-0.1, -0.05) is 0 Å². The molecule has 0 atom stereocenters. The number of aliphatic hydroxyl groups is 1. The molecule has 0 bridgehead atoms. The summed E-state index contributed by atoms with van der Waals surface area (Å²) in [5, 5.41) is 14.9. The first-order valence-electron chi connectivity index (χ1n) is 5.98. The molecule has 1 aromatic rings. The number of aromatic amines is 2. The lowest BCUT2D eigenvalue weighted by Gasteiger charge is -2.20. The van der Waals surface area contributed by atoms with Crippen molar-refractivity contribution < 1.29 is 5.11 Å². The summed E-state index contributed by atoms with van der Waals surface area (Å²) in [6.45, 7) is 3.80. The molecule has 0 saturated carbocycles. The van der Waals surface area contributed by atoms with Crippen LogP contribution in [0.1, 0.15) is 6.42 Å². The zero-order valence-electron chi connectivity index (χ0n) is 10.1. The Morgan fingerprint density at radius 1 is 1.22 bits per heavy atom. The molecule has 1 aliphatic heterocycles. The van der Waals surface area contributed by atoms with Crippen LogP contribution < -0.4 is 16.1 Å². The number of hydrogen-bond acceptors (Lipinski definition) is 6. The van der Waals surface area contributed by atoms with Gasteiger partial charge in [0, 0.05) is 26.2 Å². The van der Waals surface area contributed by atoms with Crippen molar-refractivity contribution in [3.63, 3.8) is 0 Å². The second-order valence-corrected chi connectivity index (χ2v) is 4.24. The van der Waals surface area contributed by atoms with E-state index in [-0.39, 0.29) is 12.4 Å². The monoisotopic (exact) mass is 255 g/mol. The lowest BCUT2D eigenvalue weighted by Crippen LogP contribution is -2.37. The Balaban J connectivity index is 2.10. The minimum Gasteiger partial charge on any atom is -0.395 e. The van der Waals surface area contributed by atoms with Gasteiger partial charge in [-0.05, 0) is 13.0 Å². The molecule has 8 nitrogen and oxygen atoms in total. The van der Waals surface area contributed by atoms with Gasteiger partial charge >= 0.3 is 5.69 Å². The maximum atomic E-state index is 11.6. The molecule has 2 rings (SSSR count). The van der Waals surface area contributed by atoms with E-state index in [4.69, 9.17) is 5.11 Å². The highest BCUT2D eigenvalue weighted by Gasteiger charge is 2.18. The van der Waals surface area contributed by atoms with E-state index in [1.54, 1.807) is 0 Å². The average molecular weight is 255 g/mol. The van der Waals surface area contributed by atoms with Gasteiger partial charge < -0.3 is 10.0 Å². The molecule has 0 amide bonds. The van der Waals surface area contributed by atoms with E-state index >= 15 is 0 Å². The fourth-order valence-electron chi connectivity index (χ4n) is 2.10. The number of rotatable bonds is 3. The van der Waals surface area contributed by atoms with Crippen molar-refractivity contribution in [2.45, 2.75) is 6.42 Å². The third-order valence-corrected chi connectivity index (χ3v) is 3.00. The Hall–Kier alpha value is -1.67. The van der Waals surface area contributed by atoms with Gasteiger partial charge in [0.2, 0.25) is 5.82 Å². The second kappa shape index (κ2) is 5.78. The van der Waals surface area contributed by atoms with Gasteiger partial charge in [-0.2, -0.15) is 0 Å². The van der Waals surface area contributed by atoms with E-state index in [1.165, 1.54) is 0 Å². The molecule has 0 aliphatic carbocycles. The number of hydrogen-bond donors (Lipinski definition) is 3. The first-order chi connectivity index (χ1) is 8.70. The second-order valence-electron chi connectivity index (χ2n) is 4.24. The number of β-amino-alcohol motifs (C(OH)–C–C–N with tert-alkyl or cyclic N) is 1. The van der Waals surface area contributed by atoms with Crippen LogP contribution in [-0.2, 0) is 0 Å². The lowest BCUT2D eigenvalue weighted by molar-refractivity contribution is 0.204. The summed E-state index contributed by atoms with van der Waals surface area (Å²) in [6.07, 6.45) is 0.889. The van der Waals surface area contributed by atoms with Crippen molar-refractivity contribution in [1.82, 2.24) is 20.1 Å². The van der Waals surface area contributed by atoms with Crippen LogP contribution in [0.5, 0.6) is 0 Å². The molecule has 0 spiro atoms. The maximum Gasteiger partial charge on any atom is 0.342 e. The van der Waals surface area contributed by atoms with Gasteiger partial charge in [-0.15, -0.1) is 5.10 Å². The van der Waals surface area contributed by atoms with Crippen LogP contribution in [0.15, 0.2) is 9.59 Å². The van der Waals surface area contributed by atoms with E-state index in [1.807, 2.05) is 4.90 Å². The molecule has 0 radical (unpaired) electrons. The molecule has 3 N–H and O–H groups in total. The molecule has 100 valence electrons. The van der Waals surface area contributed by atoms with Crippen molar-refractivity contribution in [2.24, 2.45) is 0 Å². The van der Waals surface area contributed by atoms with Crippen LogP contribution in [-0.4, -0.2) is 64.5 Å². The Morgan fingerprint density at radius 2 is 2.06 bits per heavy atom. The summed E-state index contributed by atoms with van der Waals surface area (Å²) in [5.74, 6) is 0.250. The van der Waals surface area contributed by atoms with Crippen molar-refractivity contribution in [3.05, 3.63) is 20.8 Å². The Morgan fingerprint density at radius 3 is 2.78 bits per heavy atom. The summed E-state index contributed by atoms with van der Waals surface area (Å²) >= 11 is 0. The van der Waals surface area contributed by atoms with Crippen molar-refractivity contribution in [2.75, 3.05) is 44.2 Å².